The molecule has 0 unspecified atom stereocenters. The van der Waals surface area contributed by atoms with Crippen LogP contribution in [0, 0.1) is 6.92 Å². The van der Waals surface area contributed by atoms with Gasteiger partial charge in [0.15, 0.2) is 11.5 Å². The summed E-state index contributed by atoms with van der Waals surface area (Å²) in [5.74, 6) is -0.0423. The molecule has 14 nitrogen and oxygen atoms in total. The Balaban J connectivity index is 1.04. The van der Waals surface area contributed by atoms with Crippen LogP contribution in [0.3, 0.4) is 0 Å². The number of aryl methyl sites for hydroxylation is 2. The lowest BCUT2D eigenvalue weighted by molar-refractivity contribution is -0.117. The third-order valence-corrected chi connectivity index (χ3v) is 9.18. The number of fused-ring (bicyclic) bond motifs is 2. The Labute approximate surface area is 288 Å². The van der Waals surface area contributed by atoms with Crippen molar-refractivity contribution in [1.29, 1.82) is 0 Å². The first-order valence-corrected chi connectivity index (χ1v) is 16.6. The van der Waals surface area contributed by atoms with Gasteiger partial charge in [-0.05, 0) is 67.6 Å². The molecule has 256 valence electrons. The summed E-state index contributed by atoms with van der Waals surface area (Å²) in [4.78, 5) is 60.2. The van der Waals surface area contributed by atoms with Gasteiger partial charge in [-0.2, -0.15) is 0 Å². The van der Waals surface area contributed by atoms with Gasteiger partial charge in [-0.1, -0.05) is 18.2 Å². The minimum Gasteiger partial charge on any atom is -0.378 e. The first-order chi connectivity index (χ1) is 24.2. The van der Waals surface area contributed by atoms with Gasteiger partial charge in [-0.25, -0.2) is 19.9 Å². The van der Waals surface area contributed by atoms with Crippen LogP contribution in [0.2, 0.25) is 0 Å². The molecule has 0 radical (unpaired) electrons. The summed E-state index contributed by atoms with van der Waals surface area (Å²) in [6.45, 7) is 7.56. The fourth-order valence-electron chi connectivity index (χ4n) is 6.56. The van der Waals surface area contributed by atoms with E-state index in [0.717, 1.165) is 35.2 Å². The minimum atomic E-state index is -0.480. The Morgan fingerprint density at radius 1 is 0.980 bits per heavy atom. The number of nitrogen functional groups attached to an aromatic ring is 1. The van der Waals surface area contributed by atoms with Crippen molar-refractivity contribution >= 4 is 46.5 Å². The highest BCUT2D eigenvalue weighted by atomic mass is 16.5. The average molecular weight is 675 g/mol. The number of carbonyl (C=O) groups is 3. The van der Waals surface area contributed by atoms with Gasteiger partial charge >= 0.3 is 0 Å². The number of imidazole rings is 1. The number of morpholine rings is 1. The number of amides is 3. The summed E-state index contributed by atoms with van der Waals surface area (Å²) < 4.78 is 7.36. The molecule has 5 aromatic rings. The molecular weight excluding hydrogens is 636 g/mol. The molecule has 5 heterocycles. The fourth-order valence-corrected chi connectivity index (χ4v) is 6.56. The topological polar surface area (TPSA) is 173 Å². The van der Waals surface area contributed by atoms with Crippen LogP contribution in [0.1, 0.15) is 42.0 Å². The maximum absolute atomic E-state index is 13.4. The third-order valence-electron chi connectivity index (χ3n) is 9.18. The van der Waals surface area contributed by atoms with Crippen molar-refractivity contribution < 1.29 is 19.1 Å². The Morgan fingerprint density at radius 3 is 2.42 bits per heavy atom. The molecule has 1 atom stereocenters. The number of carbonyl (C=O) groups excluding carboxylic acids is 3. The van der Waals surface area contributed by atoms with Crippen molar-refractivity contribution in [1.82, 2.24) is 29.7 Å². The van der Waals surface area contributed by atoms with E-state index in [1.807, 2.05) is 45.7 Å². The van der Waals surface area contributed by atoms with Crippen LogP contribution >= 0.6 is 0 Å². The van der Waals surface area contributed by atoms with E-state index in [-0.39, 0.29) is 36.0 Å². The highest BCUT2D eigenvalue weighted by molar-refractivity contribution is 6.00. The Bertz CT molecular complexity index is 2090. The summed E-state index contributed by atoms with van der Waals surface area (Å²) in [6, 6.07) is 13.9. The highest BCUT2D eigenvalue weighted by Gasteiger charge is 2.27. The van der Waals surface area contributed by atoms with Crippen LogP contribution in [0.15, 0.2) is 61.1 Å². The minimum absolute atomic E-state index is 0.0473. The van der Waals surface area contributed by atoms with Crippen LogP contribution in [0.25, 0.3) is 28.0 Å². The molecule has 1 fully saturated rings. The maximum Gasteiger partial charge on any atom is 0.272 e. The number of nitrogens with zero attached hydrogens (tertiary/aromatic N) is 7. The SMILES string of the molecule is CC(=O)N1c2ccc(-c3ccc(NC(=O)CNC(=O)c4nc5c(N6CCOCC6)nc(-c6cnc(N)nc6)cn5c4C)cc3)cc2CC[C@@H]1C. The summed E-state index contributed by atoms with van der Waals surface area (Å²) in [7, 11) is 0. The van der Waals surface area contributed by atoms with E-state index in [9.17, 15) is 14.4 Å². The van der Waals surface area contributed by atoms with Gasteiger partial charge in [-0.15, -0.1) is 0 Å². The Morgan fingerprint density at radius 2 is 1.70 bits per heavy atom. The molecule has 0 spiro atoms. The molecule has 4 N–H and O–H groups in total. The molecule has 3 aromatic heterocycles. The molecular formula is C36H38N10O4. The normalized spacial score (nSPS) is 15.9. The number of rotatable bonds is 7. The number of anilines is 4. The van der Waals surface area contributed by atoms with E-state index >= 15 is 0 Å². The third kappa shape index (κ3) is 6.44. The average Bonchev–Trinajstić information content (AvgIpc) is 3.46. The van der Waals surface area contributed by atoms with Crippen molar-refractivity contribution in [3.05, 3.63) is 78.0 Å². The van der Waals surface area contributed by atoms with Gasteiger partial charge in [0.2, 0.25) is 17.8 Å². The van der Waals surface area contributed by atoms with Crippen molar-refractivity contribution in [2.24, 2.45) is 0 Å². The second kappa shape index (κ2) is 13.6. The van der Waals surface area contributed by atoms with Crippen LogP contribution in [0.5, 0.6) is 0 Å². The molecule has 3 amide bonds. The summed E-state index contributed by atoms with van der Waals surface area (Å²) in [5, 5.41) is 5.56. The van der Waals surface area contributed by atoms with Gasteiger partial charge in [-0.3, -0.25) is 18.8 Å². The summed E-state index contributed by atoms with van der Waals surface area (Å²) in [5.41, 5.74) is 13.0. The first kappa shape index (κ1) is 32.6. The molecule has 1 saturated heterocycles. The van der Waals surface area contributed by atoms with Crippen LogP contribution < -0.4 is 26.2 Å². The lowest BCUT2D eigenvalue weighted by Crippen LogP contribution is -2.40. The number of aromatic nitrogens is 5. The maximum atomic E-state index is 13.4. The monoisotopic (exact) mass is 674 g/mol. The fraction of sp³-hybridized carbons (Fsp3) is 0.306. The quantitative estimate of drug-likeness (QED) is 0.231. The lowest BCUT2D eigenvalue weighted by atomic mass is 9.93. The number of benzene rings is 2. The number of ether oxygens (including phenoxy) is 1. The van der Waals surface area contributed by atoms with Crippen LogP contribution in [0.4, 0.5) is 23.1 Å². The molecule has 0 saturated carbocycles. The zero-order valence-corrected chi connectivity index (χ0v) is 28.1. The molecule has 0 aliphatic carbocycles. The van der Waals surface area contributed by atoms with E-state index in [1.54, 1.807) is 32.4 Å². The molecule has 50 heavy (non-hydrogen) atoms. The van der Waals surface area contributed by atoms with E-state index in [0.29, 0.717) is 60.4 Å². The van der Waals surface area contributed by atoms with Gasteiger partial charge in [0.1, 0.15) is 5.69 Å². The molecule has 2 aromatic carbocycles. The second-order valence-corrected chi connectivity index (χ2v) is 12.5. The zero-order valence-electron chi connectivity index (χ0n) is 28.1. The van der Waals surface area contributed by atoms with Crippen molar-refractivity contribution in [3.8, 4) is 22.4 Å². The molecule has 2 aliphatic rings. The highest BCUT2D eigenvalue weighted by Crippen LogP contribution is 2.34. The van der Waals surface area contributed by atoms with Gasteiger partial charge < -0.3 is 30.9 Å². The van der Waals surface area contributed by atoms with E-state index in [1.165, 1.54) is 0 Å². The Kier molecular flexibility index (Phi) is 8.85. The number of hydrogen-bond donors (Lipinski definition) is 3. The lowest BCUT2D eigenvalue weighted by Gasteiger charge is -2.34. The standard InChI is InChI=1S/C36H38N10O4/c1-21-4-5-26-16-25(8-11-30(26)46(21)23(3)47)24-6-9-28(10-7-24)41-31(48)19-38-35(49)32-22(2)45-20-29(27-17-39-36(37)40-18-27)42-33(34(45)43-32)44-12-14-50-15-13-44/h6-11,16-18,20-21H,4-5,12-15,19H2,1-3H3,(H,38,49)(H,41,48)(H2,37,39,40)/t21-/m0/s1. The van der Waals surface area contributed by atoms with Gasteiger partial charge in [0.05, 0.1) is 31.1 Å². The number of nitrogens with two attached hydrogens (primary N) is 1. The summed E-state index contributed by atoms with van der Waals surface area (Å²) >= 11 is 0. The predicted molar refractivity (Wildman–Crippen MR) is 190 cm³/mol. The molecule has 2 aliphatic heterocycles. The molecule has 14 heteroatoms. The van der Waals surface area contributed by atoms with Crippen molar-refractivity contribution in [2.45, 2.75) is 39.7 Å². The van der Waals surface area contributed by atoms with E-state index in [2.05, 4.69) is 43.5 Å². The van der Waals surface area contributed by atoms with Crippen molar-refractivity contribution in [2.75, 3.05) is 53.7 Å². The number of hydrogen-bond acceptors (Lipinski definition) is 10. The van der Waals surface area contributed by atoms with Crippen LogP contribution in [-0.4, -0.2) is 80.9 Å². The van der Waals surface area contributed by atoms with Gasteiger partial charge in [0, 0.05) is 61.6 Å². The largest absolute Gasteiger partial charge is 0.378 e. The van der Waals surface area contributed by atoms with E-state index in [4.69, 9.17) is 15.5 Å². The number of nitrogens with one attached hydrogen (secondary N) is 2. The predicted octanol–water partition coefficient (Wildman–Crippen LogP) is 3.64. The molecule has 7 rings (SSSR count). The summed E-state index contributed by atoms with van der Waals surface area (Å²) in [6.07, 6.45) is 6.82. The first-order valence-electron chi connectivity index (χ1n) is 16.6. The molecule has 0 bridgehead atoms. The Hall–Kier alpha value is -5.89. The zero-order chi connectivity index (χ0) is 34.9. The second-order valence-electron chi connectivity index (χ2n) is 12.5. The van der Waals surface area contributed by atoms with Crippen LogP contribution in [-0.2, 0) is 20.7 Å². The smallest absolute Gasteiger partial charge is 0.272 e. The van der Waals surface area contributed by atoms with Crippen molar-refractivity contribution in [3.63, 3.8) is 0 Å². The van der Waals surface area contributed by atoms with E-state index < -0.39 is 5.91 Å². The van der Waals surface area contributed by atoms with Gasteiger partial charge in [0.25, 0.3) is 5.91 Å².